The Hall–Kier alpha value is -0.860. The largest absolute Gasteiger partial charge is 0.330 e. The molecule has 0 aliphatic rings. The van der Waals surface area contributed by atoms with Crippen LogP contribution in [0.25, 0.3) is 0 Å². The molecular weight excluding hydrogens is 196 g/mol. The fourth-order valence-corrected chi connectivity index (χ4v) is 1.98. The molecule has 0 saturated carbocycles. The zero-order chi connectivity index (χ0) is 11.8. The summed E-state index contributed by atoms with van der Waals surface area (Å²) >= 11 is 0. The van der Waals surface area contributed by atoms with Crippen LogP contribution >= 0.6 is 0 Å². The van der Waals surface area contributed by atoms with Crippen molar-refractivity contribution in [3.8, 4) is 0 Å². The third-order valence-electron chi connectivity index (χ3n) is 2.95. The number of benzene rings is 1. The van der Waals surface area contributed by atoms with Gasteiger partial charge in [0.1, 0.15) is 0 Å². The van der Waals surface area contributed by atoms with Gasteiger partial charge < -0.3 is 5.73 Å². The molecule has 0 amide bonds. The molecule has 0 aliphatic carbocycles. The van der Waals surface area contributed by atoms with Gasteiger partial charge in [-0.2, -0.15) is 0 Å². The highest BCUT2D eigenvalue weighted by molar-refractivity contribution is 5.14. The van der Waals surface area contributed by atoms with E-state index in [4.69, 9.17) is 5.73 Å². The van der Waals surface area contributed by atoms with Crippen molar-refractivity contribution in [2.45, 2.75) is 39.3 Å². The molecule has 0 heterocycles. The Kier molecular flexibility index (Phi) is 6.12. The average molecular weight is 220 g/mol. The fraction of sp³-hybridized carbons (Fsp3) is 0.571. The van der Waals surface area contributed by atoms with Crippen molar-refractivity contribution >= 4 is 0 Å². The molecule has 0 spiro atoms. The van der Waals surface area contributed by atoms with Crippen LogP contribution in [0.2, 0.25) is 0 Å². The first-order chi connectivity index (χ1) is 7.77. The molecule has 90 valence electrons. The summed E-state index contributed by atoms with van der Waals surface area (Å²) in [6.45, 7) is 7.46. The van der Waals surface area contributed by atoms with Gasteiger partial charge >= 0.3 is 0 Å². The molecule has 1 aromatic carbocycles. The van der Waals surface area contributed by atoms with Gasteiger partial charge in [0.25, 0.3) is 0 Å². The van der Waals surface area contributed by atoms with Gasteiger partial charge in [-0.1, -0.05) is 37.3 Å². The fourth-order valence-electron chi connectivity index (χ4n) is 1.98. The maximum atomic E-state index is 5.63. The second-order valence-corrected chi connectivity index (χ2v) is 4.38. The smallest absolute Gasteiger partial charge is 0.0236 e. The summed E-state index contributed by atoms with van der Waals surface area (Å²) in [6.07, 6.45) is 2.27. The molecule has 1 atom stereocenters. The second-order valence-electron chi connectivity index (χ2n) is 4.38. The van der Waals surface area contributed by atoms with Crippen LogP contribution in [-0.2, 0) is 6.54 Å². The lowest BCUT2D eigenvalue weighted by molar-refractivity contribution is 0.193. The highest BCUT2D eigenvalue weighted by Crippen LogP contribution is 2.10. The van der Waals surface area contributed by atoms with Crippen molar-refractivity contribution in [3.05, 3.63) is 35.9 Å². The molecule has 0 aliphatic heterocycles. The number of nitrogens with zero attached hydrogens (tertiary/aromatic N) is 1. The van der Waals surface area contributed by atoms with Gasteiger partial charge in [-0.25, -0.2) is 0 Å². The van der Waals surface area contributed by atoms with E-state index in [0.29, 0.717) is 6.04 Å². The highest BCUT2D eigenvalue weighted by atomic mass is 15.1. The zero-order valence-electron chi connectivity index (χ0n) is 10.5. The molecular formula is C14H24N2. The van der Waals surface area contributed by atoms with E-state index in [1.807, 2.05) is 0 Å². The molecule has 2 nitrogen and oxygen atoms in total. The summed E-state index contributed by atoms with van der Waals surface area (Å²) in [5.74, 6) is 0. The lowest BCUT2D eigenvalue weighted by Crippen LogP contribution is -2.34. The van der Waals surface area contributed by atoms with Crippen LogP contribution in [0.5, 0.6) is 0 Å². The van der Waals surface area contributed by atoms with E-state index in [0.717, 1.165) is 26.1 Å². The van der Waals surface area contributed by atoms with Crippen LogP contribution in [0.15, 0.2) is 30.3 Å². The van der Waals surface area contributed by atoms with Crippen molar-refractivity contribution in [2.75, 3.05) is 13.1 Å². The predicted octanol–water partition coefficient (Wildman–Crippen LogP) is 2.64. The van der Waals surface area contributed by atoms with Crippen LogP contribution in [-0.4, -0.2) is 24.0 Å². The zero-order valence-corrected chi connectivity index (χ0v) is 10.5. The minimum atomic E-state index is 0.574. The molecule has 2 heteroatoms. The Morgan fingerprint density at radius 3 is 2.50 bits per heavy atom. The van der Waals surface area contributed by atoms with E-state index >= 15 is 0 Å². The molecule has 0 radical (unpaired) electrons. The third kappa shape index (κ3) is 4.33. The first-order valence-electron chi connectivity index (χ1n) is 6.26. The number of nitrogens with two attached hydrogens (primary N) is 1. The van der Waals surface area contributed by atoms with E-state index in [-0.39, 0.29) is 0 Å². The van der Waals surface area contributed by atoms with Gasteiger partial charge in [0.05, 0.1) is 0 Å². The average Bonchev–Trinajstić information content (AvgIpc) is 2.30. The summed E-state index contributed by atoms with van der Waals surface area (Å²) < 4.78 is 0. The minimum Gasteiger partial charge on any atom is -0.330 e. The minimum absolute atomic E-state index is 0.574. The van der Waals surface area contributed by atoms with Crippen LogP contribution in [0.3, 0.4) is 0 Å². The molecule has 16 heavy (non-hydrogen) atoms. The lowest BCUT2D eigenvalue weighted by Gasteiger charge is -2.28. The second kappa shape index (κ2) is 7.42. The van der Waals surface area contributed by atoms with E-state index in [9.17, 15) is 0 Å². The summed E-state index contributed by atoms with van der Waals surface area (Å²) in [4.78, 5) is 2.52. The van der Waals surface area contributed by atoms with Crippen LogP contribution in [0.1, 0.15) is 32.3 Å². The van der Waals surface area contributed by atoms with Gasteiger partial charge in [0, 0.05) is 12.6 Å². The maximum Gasteiger partial charge on any atom is 0.0236 e. The Morgan fingerprint density at radius 2 is 1.94 bits per heavy atom. The first kappa shape index (κ1) is 13.2. The Bertz CT molecular complexity index is 271. The van der Waals surface area contributed by atoms with Crippen molar-refractivity contribution in [1.29, 1.82) is 0 Å². The number of rotatable bonds is 7. The van der Waals surface area contributed by atoms with Gasteiger partial charge in [0.15, 0.2) is 0 Å². The van der Waals surface area contributed by atoms with E-state index < -0.39 is 0 Å². The van der Waals surface area contributed by atoms with Crippen molar-refractivity contribution in [2.24, 2.45) is 5.73 Å². The van der Waals surface area contributed by atoms with E-state index in [1.54, 1.807) is 0 Å². The van der Waals surface area contributed by atoms with E-state index in [2.05, 4.69) is 49.1 Å². The quantitative estimate of drug-likeness (QED) is 0.765. The SMILES string of the molecule is CCCN(Cc1ccccc1)C(C)CCN. The summed E-state index contributed by atoms with van der Waals surface area (Å²) in [6, 6.07) is 11.2. The Labute approximate surface area is 99.5 Å². The van der Waals surface area contributed by atoms with Gasteiger partial charge in [-0.05, 0) is 38.4 Å². The standard InChI is InChI=1S/C14H24N2/c1-3-11-16(13(2)9-10-15)12-14-7-5-4-6-8-14/h4-8,13H,3,9-12,15H2,1-2H3. The monoisotopic (exact) mass is 220 g/mol. The number of hydrogen-bond donors (Lipinski definition) is 1. The van der Waals surface area contributed by atoms with Gasteiger partial charge in [0.2, 0.25) is 0 Å². The number of hydrogen-bond acceptors (Lipinski definition) is 2. The molecule has 0 fully saturated rings. The first-order valence-corrected chi connectivity index (χ1v) is 6.26. The Balaban J connectivity index is 2.57. The highest BCUT2D eigenvalue weighted by Gasteiger charge is 2.12. The third-order valence-corrected chi connectivity index (χ3v) is 2.95. The molecule has 1 aromatic rings. The predicted molar refractivity (Wildman–Crippen MR) is 70.3 cm³/mol. The maximum absolute atomic E-state index is 5.63. The summed E-state index contributed by atoms with van der Waals surface area (Å²) in [5.41, 5.74) is 7.02. The summed E-state index contributed by atoms with van der Waals surface area (Å²) in [5, 5.41) is 0. The molecule has 2 N–H and O–H groups in total. The Morgan fingerprint density at radius 1 is 1.25 bits per heavy atom. The lowest BCUT2D eigenvalue weighted by atomic mass is 10.1. The van der Waals surface area contributed by atoms with Crippen molar-refractivity contribution in [1.82, 2.24) is 4.90 Å². The van der Waals surface area contributed by atoms with Crippen LogP contribution in [0.4, 0.5) is 0 Å². The van der Waals surface area contributed by atoms with Gasteiger partial charge in [-0.3, -0.25) is 4.90 Å². The van der Waals surface area contributed by atoms with E-state index in [1.165, 1.54) is 12.0 Å². The molecule has 0 aromatic heterocycles. The normalized spacial score (nSPS) is 13.0. The van der Waals surface area contributed by atoms with Crippen LogP contribution in [0, 0.1) is 0 Å². The molecule has 0 saturated heterocycles. The molecule has 1 rings (SSSR count). The van der Waals surface area contributed by atoms with Gasteiger partial charge in [-0.15, -0.1) is 0 Å². The van der Waals surface area contributed by atoms with Crippen molar-refractivity contribution < 1.29 is 0 Å². The molecule has 0 bridgehead atoms. The molecule has 1 unspecified atom stereocenters. The van der Waals surface area contributed by atoms with Crippen LogP contribution < -0.4 is 5.73 Å². The van der Waals surface area contributed by atoms with Crippen molar-refractivity contribution in [3.63, 3.8) is 0 Å². The summed E-state index contributed by atoms with van der Waals surface area (Å²) in [7, 11) is 0. The topological polar surface area (TPSA) is 29.3 Å².